The minimum atomic E-state index is -0.0593. The Balaban J connectivity index is 1.68. The van der Waals surface area contributed by atoms with E-state index in [1.54, 1.807) is 0 Å². The highest BCUT2D eigenvalue weighted by Crippen LogP contribution is 2.02. The molecule has 2 rings (SSSR count). The highest BCUT2D eigenvalue weighted by Gasteiger charge is 2.14. The number of nitrogens with one attached hydrogen (secondary N) is 2. The number of hydrogen-bond donors (Lipinski definition) is 2. The van der Waals surface area contributed by atoms with Crippen LogP contribution in [0, 0.1) is 0 Å². The summed E-state index contributed by atoms with van der Waals surface area (Å²) in [6.07, 6.45) is 3.74. The largest absolute Gasteiger partial charge is 0.353 e. The van der Waals surface area contributed by atoms with Crippen LogP contribution in [-0.2, 0) is 11.3 Å². The summed E-state index contributed by atoms with van der Waals surface area (Å²) in [6, 6.07) is 0.419. The van der Waals surface area contributed by atoms with Gasteiger partial charge in [-0.2, -0.15) is 0 Å². The maximum atomic E-state index is 11.4. The van der Waals surface area contributed by atoms with Gasteiger partial charge in [0.15, 0.2) is 0 Å². The first-order valence-electron chi connectivity index (χ1n) is 5.05. The van der Waals surface area contributed by atoms with E-state index in [-0.39, 0.29) is 12.5 Å². The predicted molar refractivity (Wildman–Crippen MR) is 51.9 cm³/mol. The number of carbonyl (C=O) groups is 1. The van der Waals surface area contributed by atoms with Crippen LogP contribution in [0.1, 0.15) is 12.8 Å². The number of hydrogen-bond acceptors (Lipinski definition) is 5. The molecule has 0 radical (unpaired) electrons. The second-order valence-corrected chi connectivity index (χ2v) is 3.60. The predicted octanol–water partition coefficient (Wildman–Crippen LogP) is -1.46. The highest BCUT2D eigenvalue weighted by molar-refractivity contribution is 5.75. The average molecular weight is 210 g/mol. The van der Waals surface area contributed by atoms with Crippen LogP contribution in [0.15, 0.2) is 6.33 Å². The molecule has 0 saturated carbocycles. The van der Waals surface area contributed by atoms with Gasteiger partial charge in [0.25, 0.3) is 0 Å². The Hall–Kier alpha value is -1.50. The lowest BCUT2D eigenvalue weighted by atomic mass is 10.2. The van der Waals surface area contributed by atoms with Crippen molar-refractivity contribution in [2.24, 2.45) is 0 Å². The van der Waals surface area contributed by atoms with Crippen LogP contribution >= 0.6 is 0 Å². The van der Waals surface area contributed by atoms with Gasteiger partial charge < -0.3 is 10.6 Å². The van der Waals surface area contributed by atoms with Crippen LogP contribution in [0.25, 0.3) is 0 Å². The molecule has 0 aromatic carbocycles. The Kier molecular flexibility index (Phi) is 3.23. The number of rotatable bonds is 4. The quantitative estimate of drug-likeness (QED) is 0.634. The van der Waals surface area contributed by atoms with E-state index in [0.717, 1.165) is 13.0 Å². The van der Waals surface area contributed by atoms with Crippen molar-refractivity contribution in [2.45, 2.75) is 25.4 Å². The van der Waals surface area contributed by atoms with Gasteiger partial charge in [0, 0.05) is 12.6 Å². The van der Waals surface area contributed by atoms with E-state index in [0.29, 0.717) is 12.6 Å². The Bertz CT molecular complexity index is 305. The normalized spacial score (nSPS) is 20.4. The third-order valence-electron chi connectivity index (χ3n) is 2.41. The molecule has 0 bridgehead atoms. The molecule has 2 N–H and O–H groups in total. The molecular weight excluding hydrogens is 196 g/mol. The van der Waals surface area contributed by atoms with Gasteiger partial charge in [-0.25, -0.2) is 4.68 Å². The van der Waals surface area contributed by atoms with Crippen molar-refractivity contribution in [3.63, 3.8) is 0 Å². The maximum Gasteiger partial charge on any atom is 0.241 e. The van der Waals surface area contributed by atoms with Crippen molar-refractivity contribution in [3.8, 4) is 0 Å². The number of amides is 1. The van der Waals surface area contributed by atoms with Crippen molar-refractivity contribution < 1.29 is 4.79 Å². The first-order chi connectivity index (χ1) is 7.34. The average Bonchev–Trinajstić information content (AvgIpc) is 2.86. The standard InChI is InChI=1S/C8H14N6O/c15-8(5-14-6-11-12-13-14)10-4-7-2-1-3-9-7/h6-7,9H,1-5H2,(H,10,15). The first kappa shape index (κ1) is 10.0. The van der Waals surface area contributed by atoms with Gasteiger partial charge in [0.2, 0.25) is 5.91 Å². The molecule has 1 aromatic rings. The van der Waals surface area contributed by atoms with Crippen molar-refractivity contribution in [3.05, 3.63) is 6.33 Å². The van der Waals surface area contributed by atoms with Crippen molar-refractivity contribution in [1.29, 1.82) is 0 Å². The number of aromatic nitrogens is 4. The summed E-state index contributed by atoms with van der Waals surface area (Å²) >= 11 is 0. The summed E-state index contributed by atoms with van der Waals surface area (Å²) in [5, 5.41) is 16.7. The first-order valence-corrected chi connectivity index (χ1v) is 5.05. The Labute approximate surface area is 87.2 Å². The third-order valence-corrected chi connectivity index (χ3v) is 2.41. The van der Waals surface area contributed by atoms with E-state index < -0.39 is 0 Å². The molecule has 1 aliphatic rings. The van der Waals surface area contributed by atoms with Gasteiger partial charge in [0.05, 0.1) is 0 Å². The van der Waals surface area contributed by atoms with Crippen molar-refractivity contribution in [1.82, 2.24) is 30.8 Å². The van der Waals surface area contributed by atoms with Crippen molar-refractivity contribution in [2.75, 3.05) is 13.1 Å². The van der Waals surface area contributed by atoms with Gasteiger partial charge in [-0.3, -0.25) is 4.79 Å². The van der Waals surface area contributed by atoms with Crippen LogP contribution in [0.2, 0.25) is 0 Å². The highest BCUT2D eigenvalue weighted by atomic mass is 16.2. The molecule has 0 spiro atoms. The second kappa shape index (κ2) is 4.83. The van der Waals surface area contributed by atoms with Gasteiger partial charge in [-0.15, -0.1) is 5.10 Å². The molecule has 1 unspecified atom stereocenters. The van der Waals surface area contributed by atoms with Crippen LogP contribution in [0.4, 0.5) is 0 Å². The molecule has 1 fully saturated rings. The molecule has 7 nitrogen and oxygen atoms in total. The molecule has 7 heteroatoms. The summed E-state index contributed by atoms with van der Waals surface area (Å²) < 4.78 is 1.40. The zero-order valence-corrected chi connectivity index (χ0v) is 8.39. The van der Waals surface area contributed by atoms with Crippen LogP contribution in [-0.4, -0.2) is 45.2 Å². The molecule has 1 aromatic heterocycles. The molecule has 1 amide bonds. The molecule has 2 heterocycles. The molecular formula is C8H14N6O. The summed E-state index contributed by atoms with van der Waals surface area (Å²) in [4.78, 5) is 11.4. The Morgan fingerprint density at radius 1 is 1.67 bits per heavy atom. The zero-order valence-electron chi connectivity index (χ0n) is 8.39. The Morgan fingerprint density at radius 2 is 2.60 bits per heavy atom. The lowest BCUT2D eigenvalue weighted by Gasteiger charge is -2.10. The molecule has 1 atom stereocenters. The van der Waals surface area contributed by atoms with Crippen LogP contribution in [0.3, 0.4) is 0 Å². The van der Waals surface area contributed by atoms with Gasteiger partial charge >= 0.3 is 0 Å². The topological polar surface area (TPSA) is 84.7 Å². The molecule has 1 aliphatic heterocycles. The lowest BCUT2D eigenvalue weighted by molar-refractivity contribution is -0.121. The lowest BCUT2D eigenvalue weighted by Crippen LogP contribution is -2.38. The second-order valence-electron chi connectivity index (χ2n) is 3.60. The van der Waals surface area contributed by atoms with Gasteiger partial charge in [0.1, 0.15) is 12.9 Å². The van der Waals surface area contributed by atoms with Crippen LogP contribution < -0.4 is 10.6 Å². The fourth-order valence-corrected chi connectivity index (χ4v) is 1.62. The van der Waals surface area contributed by atoms with E-state index in [9.17, 15) is 4.79 Å². The van der Waals surface area contributed by atoms with E-state index in [4.69, 9.17) is 0 Å². The zero-order chi connectivity index (χ0) is 10.5. The Morgan fingerprint density at radius 3 is 3.27 bits per heavy atom. The summed E-state index contributed by atoms with van der Waals surface area (Å²) in [5.74, 6) is -0.0593. The van der Waals surface area contributed by atoms with E-state index in [2.05, 4.69) is 26.2 Å². The van der Waals surface area contributed by atoms with E-state index in [1.165, 1.54) is 17.4 Å². The smallest absolute Gasteiger partial charge is 0.241 e. The monoisotopic (exact) mass is 210 g/mol. The SMILES string of the molecule is O=C(Cn1cnnn1)NCC1CCCN1. The fourth-order valence-electron chi connectivity index (χ4n) is 1.62. The summed E-state index contributed by atoms with van der Waals surface area (Å²) in [7, 11) is 0. The van der Waals surface area contributed by atoms with Crippen molar-refractivity contribution >= 4 is 5.91 Å². The molecule has 0 aliphatic carbocycles. The minimum absolute atomic E-state index is 0.0593. The third kappa shape index (κ3) is 2.98. The number of carbonyl (C=O) groups excluding carboxylic acids is 1. The maximum absolute atomic E-state index is 11.4. The molecule has 82 valence electrons. The van der Waals surface area contributed by atoms with Gasteiger partial charge in [-0.05, 0) is 29.8 Å². The van der Waals surface area contributed by atoms with E-state index in [1.807, 2.05) is 0 Å². The van der Waals surface area contributed by atoms with Gasteiger partial charge in [-0.1, -0.05) is 0 Å². The molecule has 1 saturated heterocycles. The molecule has 15 heavy (non-hydrogen) atoms. The minimum Gasteiger partial charge on any atom is -0.353 e. The van der Waals surface area contributed by atoms with E-state index >= 15 is 0 Å². The summed E-state index contributed by atoms with van der Waals surface area (Å²) in [6.45, 7) is 1.91. The number of tetrazole rings is 1. The fraction of sp³-hybridized carbons (Fsp3) is 0.750. The summed E-state index contributed by atoms with van der Waals surface area (Å²) in [5.41, 5.74) is 0. The van der Waals surface area contributed by atoms with Crippen LogP contribution in [0.5, 0.6) is 0 Å². The number of nitrogens with zero attached hydrogens (tertiary/aromatic N) is 4.